The Kier molecular flexibility index (Phi) is 3.80. The van der Waals surface area contributed by atoms with Gasteiger partial charge < -0.3 is 0 Å². The van der Waals surface area contributed by atoms with Gasteiger partial charge in [-0.15, -0.1) is 0 Å². The van der Waals surface area contributed by atoms with Crippen molar-refractivity contribution in [3.8, 4) is 0 Å². The molecule has 1 fully saturated rings. The van der Waals surface area contributed by atoms with Gasteiger partial charge in [-0.2, -0.15) is 0 Å². The van der Waals surface area contributed by atoms with Crippen LogP contribution in [0, 0.1) is 11.8 Å². The molecule has 0 aromatic heterocycles. The highest BCUT2D eigenvalue weighted by Crippen LogP contribution is 2.30. The maximum Gasteiger partial charge on any atom is 0.136 e. The third kappa shape index (κ3) is 2.73. The molecule has 0 bridgehead atoms. The van der Waals surface area contributed by atoms with Gasteiger partial charge in [0.25, 0.3) is 0 Å². The molecular formula is C14H17BrO. The van der Waals surface area contributed by atoms with Crippen molar-refractivity contribution in [2.75, 3.05) is 0 Å². The molecule has 0 unspecified atom stereocenters. The summed E-state index contributed by atoms with van der Waals surface area (Å²) in [5.41, 5.74) is 1.26. The maximum absolute atomic E-state index is 11.8. The Morgan fingerprint density at radius 1 is 1.38 bits per heavy atom. The lowest BCUT2D eigenvalue weighted by Gasteiger charge is -2.25. The first kappa shape index (κ1) is 11.8. The van der Waals surface area contributed by atoms with E-state index in [9.17, 15) is 4.79 Å². The molecule has 0 spiro atoms. The second kappa shape index (κ2) is 5.13. The number of hydrogen-bond acceptors (Lipinski definition) is 1. The topological polar surface area (TPSA) is 17.1 Å². The van der Waals surface area contributed by atoms with Crippen LogP contribution < -0.4 is 0 Å². The molecule has 1 saturated carbocycles. The summed E-state index contributed by atoms with van der Waals surface area (Å²) in [4.78, 5) is 11.8. The lowest BCUT2D eigenvalue weighted by molar-refractivity contribution is -0.125. The number of hydrogen-bond donors (Lipinski definition) is 0. The van der Waals surface area contributed by atoms with Gasteiger partial charge in [-0.1, -0.05) is 41.1 Å². The molecule has 1 aliphatic carbocycles. The Morgan fingerprint density at radius 3 is 2.88 bits per heavy atom. The summed E-state index contributed by atoms with van der Waals surface area (Å²) in [6, 6.07) is 8.21. The lowest BCUT2D eigenvalue weighted by Crippen LogP contribution is -2.25. The molecule has 0 heterocycles. The average Bonchev–Trinajstić information content (AvgIpc) is 2.27. The molecule has 0 amide bonds. The Morgan fingerprint density at radius 2 is 2.12 bits per heavy atom. The van der Waals surface area contributed by atoms with Crippen LogP contribution in [0.4, 0.5) is 0 Å². The molecule has 0 radical (unpaired) electrons. The molecule has 2 heteroatoms. The minimum Gasteiger partial charge on any atom is -0.299 e. The fraction of sp³-hybridized carbons (Fsp3) is 0.500. The number of rotatable bonds is 2. The van der Waals surface area contributed by atoms with Crippen LogP contribution in [-0.4, -0.2) is 5.78 Å². The van der Waals surface area contributed by atoms with Crippen molar-refractivity contribution in [1.29, 1.82) is 0 Å². The summed E-state index contributed by atoms with van der Waals surface area (Å²) in [6.45, 7) is 2.25. The smallest absolute Gasteiger partial charge is 0.136 e. The zero-order valence-electron chi connectivity index (χ0n) is 9.58. The number of benzene rings is 1. The molecule has 1 nitrogen and oxygen atoms in total. The minimum atomic E-state index is 0.238. The summed E-state index contributed by atoms with van der Waals surface area (Å²) in [5, 5.41) is 0. The van der Waals surface area contributed by atoms with E-state index in [0.717, 1.165) is 30.2 Å². The Hall–Kier alpha value is -0.630. The molecule has 2 rings (SSSR count). The van der Waals surface area contributed by atoms with Crippen LogP contribution >= 0.6 is 15.9 Å². The number of Topliss-reactive ketones (excluding diaryl/α,β-unsaturated/α-hetero) is 1. The molecule has 16 heavy (non-hydrogen) atoms. The van der Waals surface area contributed by atoms with E-state index >= 15 is 0 Å². The van der Waals surface area contributed by atoms with Gasteiger partial charge in [-0.05, 0) is 36.8 Å². The quantitative estimate of drug-likeness (QED) is 0.801. The van der Waals surface area contributed by atoms with Gasteiger partial charge in [-0.25, -0.2) is 0 Å². The number of carbonyl (C=O) groups is 1. The fourth-order valence-electron chi connectivity index (χ4n) is 2.45. The van der Waals surface area contributed by atoms with Crippen LogP contribution in [-0.2, 0) is 11.2 Å². The molecule has 86 valence electrons. The van der Waals surface area contributed by atoms with Gasteiger partial charge in [0.2, 0.25) is 0 Å². The lowest BCUT2D eigenvalue weighted by atomic mass is 9.78. The molecule has 0 saturated heterocycles. The zero-order valence-corrected chi connectivity index (χ0v) is 11.2. The molecule has 0 aliphatic heterocycles. The van der Waals surface area contributed by atoms with Gasteiger partial charge in [0.15, 0.2) is 0 Å². The predicted octanol–water partition coefficient (Wildman–Crippen LogP) is 4.00. The second-order valence-corrected chi connectivity index (χ2v) is 5.69. The van der Waals surface area contributed by atoms with Crippen molar-refractivity contribution >= 4 is 21.7 Å². The number of ketones is 1. The monoisotopic (exact) mass is 280 g/mol. The summed E-state index contributed by atoms with van der Waals surface area (Å²) in [7, 11) is 0. The molecular weight excluding hydrogens is 264 g/mol. The van der Waals surface area contributed by atoms with Crippen molar-refractivity contribution < 1.29 is 4.79 Å². The molecule has 0 N–H and O–H groups in total. The summed E-state index contributed by atoms with van der Waals surface area (Å²) in [5.74, 6) is 1.39. The Balaban J connectivity index is 2.09. The normalized spacial score (nSPS) is 25.8. The third-order valence-corrected chi connectivity index (χ3v) is 4.22. The predicted molar refractivity (Wildman–Crippen MR) is 69.4 cm³/mol. The summed E-state index contributed by atoms with van der Waals surface area (Å²) in [6.07, 6.45) is 3.80. The van der Waals surface area contributed by atoms with Crippen LogP contribution in [0.25, 0.3) is 0 Å². The second-order valence-electron chi connectivity index (χ2n) is 4.84. The van der Waals surface area contributed by atoms with Crippen molar-refractivity contribution in [1.82, 2.24) is 0 Å². The van der Waals surface area contributed by atoms with Crippen LogP contribution in [0.3, 0.4) is 0 Å². The fourth-order valence-corrected chi connectivity index (χ4v) is 2.90. The van der Waals surface area contributed by atoms with E-state index in [1.807, 2.05) is 18.2 Å². The van der Waals surface area contributed by atoms with E-state index in [1.54, 1.807) is 0 Å². The molecule has 1 aliphatic rings. The molecule has 1 aromatic carbocycles. The summed E-state index contributed by atoms with van der Waals surface area (Å²) < 4.78 is 1.13. The SMILES string of the molecule is C[C@@H]1CCC(=O)[C@@H](Cc2ccccc2Br)C1. The van der Waals surface area contributed by atoms with Gasteiger partial charge in [0.1, 0.15) is 5.78 Å². The Bertz CT molecular complexity index is 386. The summed E-state index contributed by atoms with van der Waals surface area (Å²) >= 11 is 3.55. The van der Waals surface area contributed by atoms with Gasteiger partial charge >= 0.3 is 0 Å². The highest BCUT2D eigenvalue weighted by atomic mass is 79.9. The van der Waals surface area contributed by atoms with Crippen molar-refractivity contribution in [3.63, 3.8) is 0 Å². The van der Waals surface area contributed by atoms with Gasteiger partial charge in [0, 0.05) is 16.8 Å². The van der Waals surface area contributed by atoms with Crippen LogP contribution in [0.15, 0.2) is 28.7 Å². The van der Waals surface area contributed by atoms with Crippen LogP contribution in [0.2, 0.25) is 0 Å². The van der Waals surface area contributed by atoms with Crippen molar-refractivity contribution in [2.24, 2.45) is 11.8 Å². The van der Waals surface area contributed by atoms with Crippen LogP contribution in [0.1, 0.15) is 31.7 Å². The van der Waals surface area contributed by atoms with E-state index in [-0.39, 0.29) is 5.92 Å². The molecule has 1 aromatic rings. The largest absolute Gasteiger partial charge is 0.299 e. The standard InChI is InChI=1S/C14H17BrO/c1-10-6-7-14(16)12(8-10)9-11-4-2-3-5-13(11)15/h2-5,10,12H,6-9H2,1H3/t10-,12-/m1/s1. The molecule has 2 atom stereocenters. The maximum atomic E-state index is 11.8. The van der Waals surface area contributed by atoms with Gasteiger partial charge in [0.05, 0.1) is 0 Å². The zero-order chi connectivity index (χ0) is 11.5. The van der Waals surface area contributed by atoms with Crippen molar-refractivity contribution in [3.05, 3.63) is 34.3 Å². The van der Waals surface area contributed by atoms with E-state index in [1.165, 1.54) is 5.56 Å². The van der Waals surface area contributed by atoms with Crippen molar-refractivity contribution in [2.45, 2.75) is 32.6 Å². The van der Waals surface area contributed by atoms with E-state index in [4.69, 9.17) is 0 Å². The average molecular weight is 281 g/mol. The number of halogens is 1. The first-order valence-corrected chi connectivity index (χ1v) is 6.72. The van der Waals surface area contributed by atoms with Gasteiger partial charge in [-0.3, -0.25) is 4.79 Å². The highest BCUT2D eigenvalue weighted by molar-refractivity contribution is 9.10. The Labute approximate surface area is 105 Å². The van der Waals surface area contributed by atoms with E-state index in [2.05, 4.69) is 28.9 Å². The third-order valence-electron chi connectivity index (χ3n) is 3.45. The highest BCUT2D eigenvalue weighted by Gasteiger charge is 2.26. The van der Waals surface area contributed by atoms with E-state index < -0.39 is 0 Å². The number of carbonyl (C=O) groups excluding carboxylic acids is 1. The first-order chi connectivity index (χ1) is 7.66. The van der Waals surface area contributed by atoms with E-state index in [0.29, 0.717) is 11.7 Å². The van der Waals surface area contributed by atoms with Crippen LogP contribution in [0.5, 0.6) is 0 Å². The minimum absolute atomic E-state index is 0.238. The first-order valence-electron chi connectivity index (χ1n) is 5.93.